The number of carbonyl (C=O) groups is 1. The Kier molecular flexibility index (Phi) is 5.18. The van der Waals surface area contributed by atoms with E-state index in [0.29, 0.717) is 22.8 Å². The SMILES string of the molecule is CCN(CC)C(C)Oc1ccc(-c2nc3c(C(N)=O)cccc3[nH]2)cn1. The number of nitrogens with zero attached hydrogens (tertiary/aromatic N) is 3. The molecule has 2 aromatic heterocycles. The average Bonchev–Trinajstić information content (AvgIpc) is 3.07. The Balaban J connectivity index is 1.84. The molecular formula is C19H23N5O2. The van der Waals surface area contributed by atoms with Gasteiger partial charge in [-0.1, -0.05) is 19.9 Å². The Labute approximate surface area is 152 Å². The van der Waals surface area contributed by atoms with E-state index in [0.717, 1.165) is 24.2 Å². The molecule has 0 saturated heterocycles. The second-order valence-corrected chi connectivity index (χ2v) is 5.97. The number of imidazole rings is 1. The number of H-pyrrole nitrogens is 1. The Morgan fingerprint density at radius 1 is 1.27 bits per heavy atom. The lowest BCUT2D eigenvalue weighted by atomic mass is 10.2. The van der Waals surface area contributed by atoms with Crippen LogP contribution in [-0.4, -0.2) is 45.1 Å². The summed E-state index contributed by atoms with van der Waals surface area (Å²) in [6, 6.07) is 9.00. The van der Waals surface area contributed by atoms with Crippen LogP contribution < -0.4 is 10.5 Å². The van der Waals surface area contributed by atoms with E-state index in [4.69, 9.17) is 10.5 Å². The summed E-state index contributed by atoms with van der Waals surface area (Å²) < 4.78 is 5.88. The highest BCUT2D eigenvalue weighted by atomic mass is 16.5. The summed E-state index contributed by atoms with van der Waals surface area (Å²) in [5.41, 5.74) is 7.93. The Hall–Kier alpha value is -2.93. The maximum atomic E-state index is 11.5. The molecule has 1 atom stereocenters. The number of rotatable bonds is 7. The van der Waals surface area contributed by atoms with Crippen molar-refractivity contribution in [2.24, 2.45) is 5.73 Å². The van der Waals surface area contributed by atoms with Crippen molar-refractivity contribution in [3.63, 3.8) is 0 Å². The van der Waals surface area contributed by atoms with Crippen molar-refractivity contribution >= 4 is 16.9 Å². The first-order valence-corrected chi connectivity index (χ1v) is 8.69. The Morgan fingerprint density at radius 2 is 2.04 bits per heavy atom. The van der Waals surface area contributed by atoms with Gasteiger partial charge in [0.1, 0.15) is 11.3 Å². The first kappa shape index (κ1) is 17.9. The van der Waals surface area contributed by atoms with Gasteiger partial charge >= 0.3 is 0 Å². The van der Waals surface area contributed by atoms with Crippen molar-refractivity contribution in [2.75, 3.05) is 13.1 Å². The van der Waals surface area contributed by atoms with Crippen LogP contribution in [0.2, 0.25) is 0 Å². The van der Waals surface area contributed by atoms with Crippen LogP contribution in [0, 0.1) is 0 Å². The number of ether oxygens (including phenoxy) is 1. The number of pyridine rings is 1. The van der Waals surface area contributed by atoms with E-state index in [2.05, 4.69) is 33.7 Å². The number of fused-ring (bicyclic) bond motifs is 1. The number of hydrogen-bond acceptors (Lipinski definition) is 5. The van der Waals surface area contributed by atoms with Gasteiger partial charge in [0.2, 0.25) is 5.88 Å². The fourth-order valence-electron chi connectivity index (χ4n) is 2.94. The monoisotopic (exact) mass is 353 g/mol. The predicted molar refractivity (Wildman–Crippen MR) is 101 cm³/mol. The molecule has 7 heteroatoms. The van der Waals surface area contributed by atoms with Gasteiger partial charge in [0.25, 0.3) is 5.91 Å². The van der Waals surface area contributed by atoms with E-state index in [1.165, 1.54) is 0 Å². The number of carbonyl (C=O) groups excluding carboxylic acids is 1. The topological polar surface area (TPSA) is 97.1 Å². The maximum absolute atomic E-state index is 11.5. The van der Waals surface area contributed by atoms with Crippen molar-refractivity contribution in [3.05, 3.63) is 42.1 Å². The van der Waals surface area contributed by atoms with Crippen LogP contribution in [0.25, 0.3) is 22.4 Å². The maximum Gasteiger partial charge on any atom is 0.250 e. The van der Waals surface area contributed by atoms with E-state index >= 15 is 0 Å². The molecule has 7 nitrogen and oxygen atoms in total. The smallest absolute Gasteiger partial charge is 0.250 e. The fourth-order valence-corrected chi connectivity index (χ4v) is 2.94. The molecule has 0 spiro atoms. The van der Waals surface area contributed by atoms with Crippen LogP contribution in [0.5, 0.6) is 5.88 Å². The standard InChI is InChI=1S/C19H23N5O2/c1-4-24(5-2)12(3)26-16-10-9-13(11-21-16)19-22-15-8-6-7-14(18(20)25)17(15)23-19/h6-12H,4-5H2,1-3H3,(H2,20,25)(H,22,23). The molecule has 1 aromatic carbocycles. The highest BCUT2D eigenvalue weighted by molar-refractivity contribution is 6.04. The van der Waals surface area contributed by atoms with Crippen molar-refractivity contribution < 1.29 is 9.53 Å². The van der Waals surface area contributed by atoms with Crippen LogP contribution in [-0.2, 0) is 0 Å². The summed E-state index contributed by atoms with van der Waals surface area (Å²) in [4.78, 5) is 25.8. The molecule has 0 bridgehead atoms. The molecule has 0 fully saturated rings. The summed E-state index contributed by atoms with van der Waals surface area (Å²) in [5, 5.41) is 0. The van der Waals surface area contributed by atoms with Crippen LogP contribution in [0.15, 0.2) is 36.5 Å². The molecule has 0 radical (unpaired) electrons. The zero-order valence-electron chi connectivity index (χ0n) is 15.2. The summed E-state index contributed by atoms with van der Waals surface area (Å²) in [6.07, 6.45) is 1.65. The molecule has 3 N–H and O–H groups in total. The average molecular weight is 353 g/mol. The van der Waals surface area contributed by atoms with Gasteiger partial charge in [-0.05, 0) is 38.2 Å². The highest BCUT2D eigenvalue weighted by Gasteiger charge is 2.14. The first-order chi connectivity index (χ1) is 12.5. The molecule has 2 heterocycles. The van der Waals surface area contributed by atoms with Gasteiger partial charge in [-0.2, -0.15) is 0 Å². The molecule has 0 saturated carbocycles. The molecular weight excluding hydrogens is 330 g/mol. The molecule has 1 amide bonds. The Morgan fingerprint density at radius 3 is 2.65 bits per heavy atom. The number of amides is 1. The molecule has 3 rings (SSSR count). The zero-order chi connectivity index (χ0) is 18.7. The molecule has 136 valence electrons. The summed E-state index contributed by atoms with van der Waals surface area (Å²) in [6.45, 7) is 8.03. The van der Waals surface area contributed by atoms with E-state index < -0.39 is 5.91 Å². The third-order valence-electron chi connectivity index (χ3n) is 4.41. The van der Waals surface area contributed by atoms with Crippen LogP contribution in [0.3, 0.4) is 0 Å². The number of para-hydroxylation sites is 1. The minimum Gasteiger partial charge on any atom is -0.459 e. The lowest BCUT2D eigenvalue weighted by molar-refractivity contribution is 0.0443. The first-order valence-electron chi connectivity index (χ1n) is 8.69. The molecule has 0 aliphatic heterocycles. The molecule has 0 aliphatic rings. The number of benzene rings is 1. The van der Waals surface area contributed by atoms with Crippen molar-refractivity contribution in [1.29, 1.82) is 0 Å². The van der Waals surface area contributed by atoms with Gasteiger partial charge in [-0.15, -0.1) is 0 Å². The normalized spacial score (nSPS) is 12.5. The quantitative estimate of drug-likeness (QED) is 0.637. The number of nitrogens with two attached hydrogens (primary N) is 1. The van der Waals surface area contributed by atoms with Crippen molar-refractivity contribution in [3.8, 4) is 17.3 Å². The molecule has 3 aromatic rings. The van der Waals surface area contributed by atoms with E-state index in [1.807, 2.05) is 25.1 Å². The van der Waals surface area contributed by atoms with Gasteiger partial charge in [0.15, 0.2) is 6.23 Å². The van der Waals surface area contributed by atoms with Crippen molar-refractivity contribution in [1.82, 2.24) is 19.9 Å². The molecule has 26 heavy (non-hydrogen) atoms. The predicted octanol–water partition coefficient (Wildman–Crippen LogP) is 2.79. The fraction of sp³-hybridized carbons (Fsp3) is 0.316. The van der Waals surface area contributed by atoms with Crippen molar-refractivity contribution in [2.45, 2.75) is 27.0 Å². The van der Waals surface area contributed by atoms with E-state index in [-0.39, 0.29) is 6.23 Å². The van der Waals surface area contributed by atoms with E-state index in [9.17, 15) is 4.79 Å². The van der Waals surface area contributed by atoms with Gasteiger partial charge in [-0.3, -0.25) is 9.69 Å². The van der Waals surface area contributed by atoms with E-state index in [1.54, 1.807) is 18.3 Å². The number of hydrogen-bond donors (Lipinski definition) is 2. The second kappa shape index (κ2) is 7.53. The van der Waals surface area contributed by atoms with Crippen LogP contribution in [0.4, 0.5) is 0 Å². The lowest BCUT2D eigenvalue weighted by Gasteiger charge is -2.26. The minimum atomic E-state index is -0.499. The van der Waals surface area contributed by atoms with Gasteiger partial charge in [-0.25, -0.2) is 9.97 Å². The second-order valence-electron chi connectivity index (χ2n) is 5.97. The molecule has 0 aliphatic carbocycles. The summed E-state index contributed by atoms with van der Waals surface area (Å²) in [5.74, 6) is 0.688. The minimum absolute atomic E-state index is 0.0484. The lowest BCUT2D eigenvalue weighted by Crippen LogP contribution is -2.37. The molecule has 1 unspecified atom stereocenters. The van der Waals surface area contributed by atoms with Crippen LogP contribution >= 0.6 is 0 Å². The third kappa shape index (κ3) is 3.52. The van der Waals surface area contributed by atoms with Gasteiger partial charge in [0, 0.05) is 17.8 Å². The zero-order valence-corrected chi connectivity index (χ0v) is 15.2. The Bertz CT molecular complexity index is 900. The summed E-state index contributed by atoms with van der Waals surface area (Å²) in [7, 11) is 0. The number of aromatic nitrogens is 3. The van der Waals surface area contributed by atoms with Gasteiger partial charge < -0.3 is 15.5 Å². The van der Waals surface area contributed by atoms with Gasteiger partial charge in [0.05, 0.1) is 11.1 Å². The largest absolute Gasteiger partial charge is 0.459 e. The highest BCUT2D eigenvalue weighted by Crippen LogP contribution is 2.23. The number of primary amides is 1. The number of aromatic amines is 1. The van der Waals surface area contributed by atoms with Crippen LogP contribution in [0.1, 0.15) is 31.1 Å². The number of nitrogens with one attached hydrogen (secondary N) is 1. The third-order valence-corrected chi connectivity index (χ3v) is 4.41. The summed E-state index contributed by atoms with van der Waals surface area (Å²) >= 11 is 0.